The standard InChI is InChI=1S/C48H31NO/c1-2-16-39(17-3-1)49(45-19-10-20-46-47(45)42-28-25-33-12-8-9-18-41(33)48(42)50-46)40-26-23-34(24-27-40)43-30-36-14-6-7-15-37(36)31-44(43)38-22-21-32-11-4-5-13-35(32)29-38/h1-31H. The van der Waals surface area contributed by atoms with Crippen molar-refractivity contribution in [1.29, 1.82) is 0 Å². The molecule has 0 spiro atoms. The third-order valence-electron chi connectivity index (χ3n) is 10.0. The Bertz CT molecular complexity index is 2870. The second kappa shape index (κ2) is 11.5. The molecule has 1 aromatic heterocycles. The van der Waals surface area contributed by atoms with Gasteiger partial charge in [-0.2, -0.15) is 0 Å². The molecule has 0 bridgehead atoms. The van der Waals surface area contributed by atoms with Crippen molar-refractivity contribution in [1.82, 2.24) is 0 Å². The summed E-state index contributed by atoms with van der Waals surface area (Å²) in [4.78, 5) is 2.35. The van der Waals surface area contributed by atoms with Crippen LogP contribution in [0.4, 0.5) is 17.1 Å². The van der Waals surface area contributed by atoms with Gasteiger partial charge in [0.05, 0.1) is 11.1 Å². The minimum Gasteiger partial charge on any atom is -0.455 e. The van der Waals surface area contributed by atoms with Crippen molar-refractivity contribution in [2.24, 2.45) is 0 Å². The van der Waals surface area contributed by atoms with Gasteiger partial charge in [-0.05, 0) is 110 Å². The highest BCUT2D eigenvalue weighted by molar-refractivity contribution is 6.19. The van der Waals surface area contributed by atoms with E-state index in [9.17, 15) is 0 Å². The summed E-state index contributed by atoms with van der Waals surface area (Å²) < 4.78 is 6.60. The molecule has 0 amide bonds. The maximum atomic E-state index is 6.60. The molecule has 0 N–H and O–H groups in total. The fourth-order valence-electron chi connectivity index (χ4n) is 7.59. The Balaban J connectivity index is 1.15. The SMILES string of the molecule is c1ccc(N(c2ccc(-c3cc4ccccc4cc3-c3ccc4ccccc4c3)cc2)c2cccc3oc4c5ccccc5ccc4c23)cc1. The summed E-state index contributed by atoms with van der Waals surface area (Å²) in [7, 11) is 0. The van der Waals surface area contributed by atoms with Crippen molar-refractivity contribution in [2.45, 2.75) is 0 Å². The summed E-state index contributed by atoms with van der Waals surface area (Å²) in [5, 5.41) is 9.47. The van der Waals surface area contributed by atoms with Crippen LogP contribution in [0.15, 0.2) is 192 Å². The van der Waals surface area contributed by atoms with E-state index in [1.165, 1.54) is 49.2 Å². The summed E-state index contributed by atoms with van der Waals surface area (Å²) >= 11 is 0. The van der Waals surface area contributed by atoms with Crippen LogP contribution in [-0.2, 0) is 0 Å². The molecule has 0 fully saturated rings. The van der Waals surface area contributed by atoms with Gasteiger partial charge < -0.3 is 9.32 Å². The van der Waals surface area contributed by atoms with Crippen molar-refractivity contribution in [2.75, 3.05) is 4.90 Å². The van der Waals surface area contributed by atoms with E-state index in [0.717, 1.165) is 44.4 Å². The molecule has 0 unspecified atom stereocenters. The van der Waals surface area contributed by atoms with E-state index >= 15 is 0 Å². The van der Waals surface area contributed by atoms with Gasteiger partial charge in [-0.25, -0.2) is 0 Å². The van der Waals surface area contributed by atoms with Gasteiger partial charge in [-0.15, -0.1) is 0 Å². The number of rotatable bonds is 5. The predicted molar refractivity (Wildman–Crippen MR) is 212 cm³/mol. The molecular formula is C48H31NO. The van der Waals surface area contributed by atoms with E-state index in [1.807, 2.05) is 0 Å². The van der Waals surface area contributed by atoms with Crippen LogP contribution in [-0.4, -0.2) is 0 Å². The van der Waals surface area contributed by atoms with Gasteiger partial charge in [-0.1, -0.05) is 127 Å². The maximum absolute atomic E-state index is 6.60. The van der Waals surface area contributed by atoms with E-state index in [0.29, 0.717) is 0 Å². The predicted octanol–water partition coefficient (Wildman–Crippen LogP) is 13.8. The molecule has 10 aromatic rings. The monoisotopic (exact) mass is 637 g/mol. The Hall–Kier alpha value is -6.64. The van der Waals surface area contributed by atoms with Crippen LogP contribution in [0.3, 0.4) is 0 Å². The quantitative estimate of drug-likeness (QED) is 0.187. The highest BCUT2D eigenvalue weighted by Gasteiger charge is 2.20. The first-order chi connectivity index (χ1) is 24.8. The molecule has 2 nitrogen and oxygen atoms in total. The number of furan rings is 1. The second-order valence-electron chi connectivity index (χ2n) is 12.9. The van der Waals surface area contributed by atoms with Crippen LogP contribution in [0.1, 0.15) is 0 Å². The zero-order valence-electron chi connectivity index (χ0n) is 27.3. The van der Waals surface area contributed by atoms with Crippen molar-refractivity contribution in [3.8, 4) is 22.3 Å². The molecule has 0 saturated heterocycles. The van der Waals surface area contributed by atoms with Gasteiger partial charge in [-0.3, -0.25) is 0 Å². The summed E-state index contributed by atoms with van der Waals surface area (Å²) in [6.07, 6.45) is 0. The number of hydrogen-bond donors (Lipinski definition) is 0. The van der Waals surface area contributed by atoms with Crippen LogP contribution in [0, 0.1) is 0 Å². The van der Waals surface area contributed by atoms with Gasteiger partial charge in [0.25, 0.3) is 0 Å². The molecule has 0 aliphatic carbocycles. The average molecular weight is 638 g/mol. The normalized spacial score (nSPS) is 11.6. The Morgan fingerprint density at radius 1 is 0.360 bits per heavy atom. The Morgan fingerprint density at radius 2 is 0.940 bits per heavy atom. The number of fused-ring (bicyclic) bond motifs is 7. The van der Waals surface area contributed by atoms with Gasteiger partial charge in [0.15, 0.2) is 0 Å². The molecule has 1 heterocycles. The first-order valence-electron chi connectivity index (χ1n) is 17.1. The third-order valence-corrected chi connectivity index (χ3v) is 10.0. The van der Waals surface area contributed by atoms with Crippen LogP contribution in [0.2, 0.25) is 0 Å². The van der Waals surface area contributed by atoms with Gasteiger partial charge in [0.2, 0.25) is 0 Å². The summed E-state index contributed by atoms with van der Waals surface area (Å²) in [6, 6.07) is 67.5. The Kier molecular flexibility index (Phi) is 6.53. The molecule has 0 saturated carbocycles. The topological polar surface area (TPSA) is 16.4 Å². The molecule has 0 atom stereocenters. The lowest BCUT2D eigenvalue weighted by Crippen LogP contribution is -2.10. The van der Waals surface area contributed by atoms with E-state index in [4.69, 9.17) is 4.42 Å². The minimum atomic E-state index is 0.877. The van der Waals surface area contributed by atoms with E-state index in [-0.39, 0.29) is 0 Å². The molecule has 9 aromatic carbocycles. The number of benzene rings is 9. The first-order valence-corrected chi connectivity index (χ1v) is 17.1. The fraction of sp³-hybridized carbons (Fsp3) is 0. The lowest BCUT2D eigenvalue weighted by Gasteiger charge is -2.26. The van der Waals surface area contributed by atoms with E-state index in [2.05, 4.69) is 193 Å². The van der Waals surface area contributed by atoms with Gasteiger partial charge >= 0.3 is 0 Å². The Labute approximate surface area is 290 Å². The lowest BCUT2D eigenvalue weighted by atomic mass is 9.90. The summed E-state index contributed by atoms with van der Waals surface area (Å²) in [5.74, 6) is 0. The van der Waals surface area contributed by atoms with Crippen molar-refractivity contribution >= 4 is 71.3 Å². The van der Waals surface area contributed by atoms with E-state index in [1.54, 1.807) is 0 Å². The number of anilines is 3. The van der Waals surface area contributed by atoms with Crippen LogP contribution in [0.25, 0.3) is 76.5 Å². The first kappa shape index (κ1) is 28.4. The average Bonchev–Trinajstić information content (AvgIpc) is 3.58. The summed E-state index contributed by atoms with van der Waals surface area (Å²) in [5.41, 5.74) is 9.88. The minimum absolute atomic E-state index is 0.877. The smallest absolute Gasteiger partial charge is 0.143 e. The number of hydrogen-bond acceptors (Lipinski definition) is 2. The molecule has 0 aliphatic rings. The molecule has 0 radical (unpaired) electrons. The van der Waals surface area contributed by atoms with E-state index < -0.39 is 0 Å². The maximum Gasteiger partial charge on any atom is 0.143 e. The second-order valence-corrected chi connectivity index (χ2v) is 12.9. The molecule has 10 rings (SSSR count). The number of nitrogens with zero attached hydrogens (tertiary/aromatic N) is 1. The molecule has 0 aliphatic heterocycles. The Morgan fingerprint density at radius 3 is 1.70 bits per heavy atom. The highest BCUT2D eigenvalue weighted by Crippen LogP contribution is 2.45. The van der Waals surface area contributed by atoms with Crippen LogP contribution in [0.5, 0.6) is 0 Å². The fourth-order valence-corrected chi connectivity index (χ4v) is 7.59. The highest BCUT2D eigenvalue weighted by atomic mass is 16.3. The summed E-state index contributed by atoms with van der Waals surface area (Å²) in [6.45, 7) is 0. The van der Waals surface area contributed by atoms with Crippen LogP contribution >= 0.6 is 0 Å². The third kappa shape index (κ3) is 4.65. The van der Waals surface area contributed by atoms with Crippen molar-refractivity contribution in [3.63, 3.8) is 0 Å². The van der Waals surface area contributed by atoms with Crippen molar-refractivity contribution < 1.29 is 4.42 Å². The molecule has 234 valence electrons. The van der Waals surface area contributed by atoms with Crippen LogP contribution < -0.4 is 4.90 Å². The van der Waals surface area contributed by atoms with Crippen molar-refractivity contribution in [3.05, 3.63) is 188 Å². The van der Waals surface area contributed by atoms with Gasteiger partial charge in [0, 0.05) is 22.1 Å². The molecule has 2 heteroatoms. The molecule has 50 heavy (non-hydrogen) atoms. The molecular weight excluding hydrogens is 607 g/mol. The largest absolute Gasteiger partial charge is 0.455 e. The lowest BCUT2D eigenvalue weighted by molar-refractivity contribution is 0.672. The zero-order valence-corrected chi connectivity index (χ0v) is 27.3. The zero-order chi connectivity index (χ0) is 33.0. The van der Waals surface area contributed by atoms with Gasteiger partial charge in [0.1, 0.15) is 11.2 Å². The number of para-hydroxylation sites is 1.